The molecule has 0 saturated carbocycles. The number of hydrogen-bond acceptors (Lipinski definition) is 5. The van der Waals surface area contributed by atoms with Crippen LogP contribution in [0.15, 0.2) is 102 Å². The van der Waals surface area contributed by atoms with Gasteiger partial charge in [0, 0.05) is 13.2 Å². The van der Waals surface area contributed by atoms with Gasteiger partial charge in [0.25, 0.3) is 0 Å². The molecule has 5 aromatic rings. The Labute approximate surface area is 234 Å². The van der Waals surface area contributed by atoms with Crippen LogP contribution in [0.5, 0.6) is 5.88 Å². The van der Waals surface area contributed by atoms with Gasteiger partial charge < -0.3 is 14.0 Å². The monoisotopic (exact) mass is 533 g/mol. The van der Waals surface area contributed by atoms with E-state index >= 15 is 0 Å². The van der Waals surface area contributed by atoms with Crippen LogP contribution in [0.3, 0.4) is 0 Å². The van der Waals surface area contributed by atoms with Crippen LogP contribution >= 0.6 is 0 Å². The average molecular weight is 533 g/mol. The summed E-state index contributed by atoms with van der Waals surface area (Å²) in [6.45, 7) is 8.11. The maximum Gasteiger partial charge on any atom is 0.494 e. The van der Waals surface area contributed by atoms with Crippen LogP contribution in [0.25, 0.3) is 16.7 Å². The minimum atomic E-state index is -0.525. The molecule has 0 radical (unpaired) electrons. The fourth-order valence-corrected chi connectivity index (χ4v) is 5.05. The summed E-state index contributed by atoms with van der Waals surface area (Å²) in [4.78, 5) is 18.3. The molecule has 1 aliphatic heterocycles. The van der Waals surface area contributed by atoms with E-state index in [2.05, 4.69) is 4.98 Å². The van der Waals surface area contributed by atoms with Gasteiger partial charge in [-0.25, -0.2) is 9.78 Å². The van der Waals surface area contributed by atoms with Crippen molar-refractivity contribution in [1.82, 2.24) is 14.1 Å². The molecule has 0 spiro atoms. The number of imidazole rings is 1. The van der Waals surface area contributed by atoms with Crippen molar-refractivity contribution in [2.45, 2.75) is 45.0 Å². The lowest BCUT2D eigenvalue weighted by Gasteiger charge is -2.32. The van der Waals surface area contributed by atoms with Crippen molar-refractivity contribution in [3.05, 3.63) is 119 Å². The zero-order valence-electron chi connectivity index (χ0n) is 23.4. The number of aromatic nitrogens is 3. The van der Waals surface area contributed by atoms with E-state index in [-0.39, 0.29) is 5.69 Å². The largest absolute Gasteiger partial charge is 0.494 e. The van der Waals surface area contributed by atoms with Gasteiger partial charge in [-0.2, -0.15) is 0 Å². The highest BCUT2D eigenvalue weighted by Crippen LogP contribution is 2.37. The predicted molar refractivity (Wildman–Crippen MR) is 157 cm³/mol. The van der Waals surface area contributed by atoms with Gasteiger partial charge in [0.1, 0.15) is 5.69 Å². The van der Waals surface area contributed by atoms with Crippen LogP contribution < -0.4 is 15.9 Å². The van der Waals surface area contributed by atoms with E-state index < -0.39 is 24.4 Å². The van der Waals surface area contributed by atoms with Crippen molar-refractivity contribution >= 4 is 23.6 Å². The first kappa shape index (κ1) is 26.1. The maximum absolute atomic E-state index is 13.7. The van der Waals surface area contributed by atoms with Crippen molar-refractivity contribution < 1.29 is 14.0 Å². The highest BCUT2D eigenvalue weighted by Gasteiger charge is 2.51. The fourth-order valence-electron chi connectivity index (χ4n) is 5.05. The first-order valence-electron chi connectivity index (χ1n) is 13.5. The van der Waals surface area contributed by atoms with E-state index in [9.17, 15) is 4.79 Å². The molecule has 0 aliphatic carbocycles. The molecular weight excluding hydrogens is 501 g/mol. The number of ether oxygens (including phenoxy) is 1. The standard InChI is InChI=1S/C32H32BN3O4/c1-31(2)32(3,4)40-33(39-31)24-18-19-25-27(21-24)35(5)30(37)36(25)26-17-12-20-34-29(26)38-28(22-13-8-6-9-14-22)23-15-10-7-11-16-23/h6-21,28H,1-5H3. The topological polar surface area (TPSA) is 67.5 Å². The van der Waals surface area contributed by atoms with Crippen molar-refractivity contribution in [3.8, 4) is 11.6 Å². The lowest BCUT2D eigenvalue weighted by molar-refractivity contribution is 0.00578. The molecule has 0 atom stereocenters. The van der Waals surface area contributed by atoms with Gasteiger partial charge in [-0.05, 0) is 68.6 Å². The molecular formula is C32H32BN3O4. The third-order valence-electron chi connectivity index (χ3n) is 8.03. The summed E-state index contributed by atoms with van der Waals surface area (Å²) in [5, 5.41) is 0. The Bertz CT molecular complexity index is 1670. The van der Waals surface area contributed by atoms with E-state index in [1.807, 2.05) is 119 Å². The van der Waals surface area contributed by atoms with E-state index in [0.29, 0.717) is 11.6 Å². The number of benzene rings is 3. The van der Waals surface area contributed by atoms with Crippen LogP contribution in [-0.2, 0) is 16.4 Å². The zero-order valence-corrected chi connectivity index (χ0v) is 23.4. The Morgan fingerprint density at radius 3 is 2.00 bits per heavy atom. The molecule has 202 valence electrons. The van der Waals surface area contributed by atoms with Crippen LogP contribution in [0, 0.1) is 0 Å². The second kappa shape index (κ2) is 9.80. The number of aryl methyl sites for hydroxylation is 1. The van der Waals surface area contributed by atoms with E-state index in [1.54, 1.807) is 22.4 Å². The van der Waals surface area contributed by atoms with Crippen LogP contribution in [-0.4, -0.2) is 32.4 Å². The smallest absolute Gasteiger partial charge is 0.463 e. The minimum Gasteiger partial charge on any atom is -0.463 e. The number of nitrogens with zero attached hydrogens (tertiary/aromatic N) is 3. The first-order valence-corrected chi connectivity index (χ1v) is 13.5. The quantitative estimate of drug-likeness (QED) is 0.281. The highest BCUT2D eigenvalue weighted by atomic mass is 16.7. The average Bonchev–Trinajstić information content (AvgIpc) is 3.34. The summed E-state index contributed by atoms with van der Waals surface area (Å²) in [7, 11) is 1.24. The first-order chi connectivity index (χ1) is 19.2. The maximum atomic E-state index is 13.7. The Kier molecular flexibility index (Phi) is 6.40. The number of pyridine rings is 1. The molecule has 1 fully saturated rings. The zero-order chi connectivity index (χ0) is 28.1. The Hall–Kier alpha value is -4.14. The molecule has 40 heavy (non-hydrogen) atoms. The van der Waals surface area contributed by atoms with E-state index in [1.165, 1.54) is 0 Å². The Morgan fingerprint density at radius 1 is 0.800 bits per heavy atom. The normalized spacial score (nSPS) is 16.1. The molecule has 0 amide bonds. The molecule has 2 aromatic heterocycles. The Balaban J connectivity index is 1.43. The van der Waals surface area contributed by atoms with Crippen LogP contribution in [0.2, 0.25) is 0 Å². The third kappa shape index (κ3) is 4.43. The fraction of sp³-hybridized carbons (Fsp3) is 0.250. The molecule has 6 rings (SSSR count). The van der Waals surface area contributed by atoms with Gasteiger partial charge in [0.2, 0.25) is 5.88 Å². The van der Waals surface area contributed by atoms with Gasteiger partial charge in [-0.3, -0.25) is 9.13 Å². The lowest BCUT2D eigenvalue weighted by atomic mass is 9.79. The van der Waals surface area contributed by atoms with E-state index in [0.717, 1.165) is 27.6 Å². The predicted octanol–water partition coefficient (Wildman–Crippen LogP) is 5.19. The Morgan fingerprint density at radius 2 is 1.40 bits per heavy atom. The molecule has 0 bridgehead atoms. The molecule has 3 heterocycles. The van der Waals surface area contributed by atoms with Crippen LogP contribution in [0.1, 0.15) is 44.9 Å². The summed E-state index contributed by atoms with van der Waals surface area (Å²) in [6.07, 6.45) is 1.27. The lowest BCUT2D eigenvalue weighted by Crippen LogP contribution is -2.41. The molecule has 3 aromatic carbocycles. The van der Waals surface area contributed by atoms with E-state index in [4.69, 9.17) is 14.0 Å². The minimum absolute atomic E-state index is 0.199. The molecule has 1 saturated heterocycles. The second-order valence-electron chi connectivity index (χ2n) is 11.2. The number of hydrogen-bond donors (Lipinski definition) is 0. The number of rotatable bonds is 6. The third-order valence-corrected chi connectivity index (χ3v) is 8.03. The summed E-state index contributed by atoms with van der Waals surface area (Å²) in [6, 6.07) is 29.5. The van der Waals surface area contributed by atoms with Gasteiger partial charge in [-0.15, -0.1) is 0 Å². The van der Waals surface area contributed by atoms with Gasteiger partial charge in [0.05, 0.1) is 22.2 Å². The molecule has 1 aliphatic rings. The SMILES string of the molecule is Cn1c(=O)n(-c2cccnc2OC(c2ccccc2)c2ccccc2)c2ccc(B3OC(C)(C)C(C)(C)O3)cc21. The van der Waals surface area contributed by atoms with Crippen molar-refractivity contribution in [2.24, 2.45) is 7.05 Å². The summed E-state index contributed by atoms with van der Waals surface area (Å²) in [5.41, 5.74) is 3.78. The summed E-state index contributed by atoms with van der Waals surface area (Å²) >= 11 is 0. The van der Waals surface area contributed by atoms with Gasteiger partial charge in [0.15, 0.2) is 6.10 Å². The number of fused-ring (bicyclic) bond motifs is 1. The van der Waals surface area contributed by atoms with Crippen molar-refractivity contribution in [1.29, 1.82) is 0 Å². The van der Waals surface area contributed by atoms with Crippen LogP contribution in [0.4, 0.5) is 0 Å². The molecule has 0 N–H and O–H groups in total. The van der Waals surface area contributed by atoms with Crippen molar-refractivity contribution in [2.75, 3.05) is 0 Å². The molecule has 8 heteroatoms. The molecule has 0 unspecified atom stereocenters. The second-order valence-corrected chi connectivity index (χ2v) is 11.2. The summed E-state index contributed by atoms with van der Waals surface area (Å²) < 4.78 is 22.4. The summed E-state index contributed by atoms with van der Waals surface area (Å²) in [5.74, 6) is 0.366. The van der Waals surface area contributed by atoms with Gasteiger partial charge in [-0.1, -0.05) is 66.7 Å². The van der Waals surface area contributed by atoms with Gasteiger partial charge >= 0.3 is 12.8 Å². The highest BCUT2D eigenvalue weighted by molar-refractivity contribution is 6.62. The van der Waals surface area contributed by atoms with Crippen molar-refractivity contribution in [3.63, 3.8) is 0 Å². The molecule has 7 nitrogen and oxygen atoms in total.